The molecule has 4 nitrogen and oxygen atoms in total. The van der Waals surface area contributed by atoms with Crippen LogP contribution < -0.4 is 5.32 Å². The zero-order chi connectivity index (χ0) is 12.3. The van der Waals surface area contributed by atoms with Gasteiger partial charge in [-0.1, -0.05) is 24.3 Å². The van der Waals surface area contributed by atoms with Crippen LogP contribution in [-0.4, -0.2) is 15.6 Å². The lowest BCUT2D eigenvalue weighted by atomic mass is 10.0. The van der Waals surface area contributed by atoms with Gasteiger partial charge in [0.25, 0.3) is 0 Å². The molecule has 0 aliphatic rings. The Hall–Kier alpha value is -2.10. The van der Waals surface area contributed by atoms with Crippen molar-refractivity contribution in [3.05, 3.63) is 54.1 Å². The van der Waals surface area contributed by atoms with Crippen molar-refractivity contribution < 1.29 is 4.79 Å². The number of aryl methyl sites for hydroxylation is 1. The third-order valence-electron chi connectivity index (χ3n) is 2.73. The van der Waals surface area contributed by atoms with Crippen molar-refractivity contribution in [3.8, 4) is 0 Å². The van der Waals surface area contributed by atoms with Gasteiger partial charge in [-0.15, -0.1) is 0 Å². The van der Waals surface area contributed by atoms with Crippen LogP contribution in [0.5, 0.6) is 0 Å². The van der Waals surface area contributed by atoms with Gasteiger partial charge in [0.1, 0.15) is 6.33 Å². The fourth-order valence-electron chi connectivity index (χ4n) is 1.79. The molecular weight excluding hydrogens is 214 g/mol. The fourth-order valence-corrected chi connectivity index (χ4v) is 1.79. The highest BCUT2D eigenvalue weighted by Crippen LogP contribution is 2.16. The maximum absolute atomic E-state index is 11.8. The number of hydrogen-bond acceptors (Lipinski definition) is 2. The lowest BCUT2D eigenvalue weighted by Gasteiger charge is -2.16. The van der Waals surface area contributed by atoms with Crippen LogP contribution in [0.25, 0.3) is 0 Å². The van der Waals surface area contributed by atoms with Gasteiger partial charge in [0.2, 0.25) is 0 Å². The van der Waals surface area contributed by atoms with Gasteiger partial charge in [-0.05, 0) is 25.0 Å². The molecule has 2 aromatic rings. The summed E-state index contributed by atoms with van der Waals surface area (Å²) in [5, 5.41) is 2.92. The summed E-state index contributed by atoms with van der Waals surface area (Å²) in [6, 6.07) is 7.83. The first-order valence-corrected chi connectivity index (χ1v) is 5.53. The maximum Gasteiger partial charge on any atom is 0.327 e. The molecule has 1 N–H and O–H groups in total. The van der Waals surface area contributed by atoms with Gasteiger partial charge in [0.15, 0.2) is 0 Å². The Morgan fingerprint density at radius 1 is 1.41 bits per heavy atom. The van der Waals surface area contributed by atoms with Gasteiger partial charge in [0.05, 0.1) is 6.04 Å². The molecule has 2 rings (SSSR count). The van der Waals surface area contributed by atoms with Crippen LogP contribution in [0.15, 0.2) is 43.0 Å². The number of carbonyl (C=O) groups is 1. The number of aromatic nitrogens is 2. The molecule has 0 radical (unpaired) electrons. The number of nitrogens with zero attached hydrogens (tertiary/aromatic N) is 2. The van der Waals surface area contributed by atoms with E-state index in [4.69, 9.17) is 0 Å². The Bertz CT molecular complexity index is 505. The number of imidazole rings is 1. The highest BCUT2D eigenvalue weighted by Gasteiger charge is 2.11. The third-order valence-corrected chi connectivity index (χ3v) is 2.73. The van der Waals surface area contributed by atoms with Gasteiger partial charge in [0, 0.05) is 12.4 Å². The Labute approximate surface area is 100 Å². The summed E-state index contributed by atoms with van der Waals surface area (Å²) >= 11 is 0. The smallest absolute Gasteiger partial charge is 0.327 e. The maximum atomic E-state index is 11.8. The van der Waals surface area contributed by atoms with Crippen molar-refractivity contribution in [2.45, 2.75) is 19.9 Å². The standard InChI is InChI=1S/C13H15N3O/c1-10-5-3-4-6-12(10)11(2)15-13(17)16-8-7-14-9-16/h3-9,11H,1-2H3,(H,15,17)/t11-/m0/s1. The molecule has 1 aromatic heterocycles. The predicted molar refractivity (Wildman–Crippen MR) is 65.8 cm³/mol. The second-order valence-electron chi connectivity index (χ2n) is 4.00. The topological polar surface area (TPSA) is 46.9 Å². The second kappa shape index (κ2) is 4.82. The van der Waals surface area contributed by atoms with Crippen LogP contribution in [-0.2, 0) is 0 Å². The molecule has 0 fully saturated rings. The van der Waals surface area contributed by atoms with Gasteiger partial charge in [-0.3, -0.25) is 4.57 Å². The normalized spacial score (nSPS) is 12.1. The zero-order valence-electron chi connectivity index (χ0n) is 9.92. The molecule has 1 heterocycles. The molecule has 0 spiro atoms. The quantitative estimate of drug-likeness (QED) is 0.860. The van der Waals surface area contributed by atoms with E-state index in [1.54, 1.807) is 12.4 Å². The Kier molecular flexibility index (Phi) is 3.23. The number of carbonyl (C=O) groups excluding carboxylic acids is 1. The molecule has 1 amide bonds. The minimum absolute atomic E-state index is 0.0221. The molecule has 0 bridgehead atoms. The molecule has 0 aliphatic heterocycles. The van der Waals surface area contributed by atoms with Crippen LogP contribution in [0, 0.1) is 6.92 Å². The van der Waals surface area contributed by atoms with E-state index in [1.165, 1.54) is 16.5 Å². The van der Waals surface area contributed by atoms with Crippen LogP contribution in [0.2, 0.25) is 0 Å². The summed E-state index contributed by atoms with van der Waals surface area (Å²) in [6.07, 6.45) is 4.69. The van der Waals surface area contributed by atoms with Crippen LogP contribution in [0.1, 0.15) is 24.1 Å². The molecule has 1 aromatic carbocycles. The molecule has 0 unspecified atom stereocenters. The van der Waals surface area contributed by atoms with E-state index in [0.29, 0.717) is 0 Å². The van der Waals surface area contributed by atoms with E-state index in [1.807, 2.05) is 38.1 Å². The highest BCUT2D eigenvalue weighted by molar-refractivity contribution is 5.76. The van der Waals surface area contributed by atoms with Crippen LogP contribution >= 0.6 is 0 Å². The fraction of sp³-hybridized carbons (Fsp3) is 0.231. The molecule has 17 heavy (non-hydrogen) atoms. The van der Waals surface area contributed by atoms with Crippen molar-refractivity contribution >= 4 is 6.03 Å². The molecule has 0 aliphatic carbocycles. The van der Waals surface area contributed by atoms with Crippen molar-refractivity contribution in [1.82, 2.24) is 14.9 Å². The second-order valence-corrected chi connectivity index (χ2v) is 4.00. The van der Waals surface area contributed by atoms with E-state index in [2.05, 4.69) is 10.3 Å². The van der Waals surface area contributed by atoms with Gasteiger partial charge >= 0.3 is 6.03 Å². The van der Waals surface area contributed by atoms with E-state index >= 15 is 0 Å². The Morgan fingerprint density at radius 3 is 2.82 bits per heavy atom. The number of rotatable bonds is 2. The number of benzene rings is 1. The number of amides is 1. The van der Waals surface area contributed by atoms with E-state index < -0.39 is 0 Å². The van der Waals surface area contributed by atoms with E-state index in [0.717, 1.165) is 5.56 Å². The number of nitrogens with one attached hydrogen (secondary N) is 1. The molecule has 88 valence electrons. The summed E-state index contributed by atoms with van der Waals surface area (Å²) in [6.45, 7) is 4.01. The average molecular weight is 229 g/mol. The molecule has 0 saturated carbocycles. The van der Waals surface area contributed by atoms with Crippen molar-refractivity contribution in [1.29, 1.82) is 0 Å². The largest absolute Gasteiger partial charge is 0.331 e. The predicted octanol–water partition coefficient (Wildman–Crippen LogP) is 2.51. The molecule has 4 heteroatoms. The van der Waals surface area contributed by atoms with Crippen molar-refractivity contribution in [3.63, 3.8) is 0 Å². The third kappa shape index (κ3) is 2.53. The summed E-state index contributed by atoms with van der Waals surface area (Å²) in [5.41, 5.74) is 2.30. The summed E-state index contributed by atoms with van der Waals surface area (Å²) in [7, 11) is 0. The zero-order valence-corrected chi connectivity index (χ0v) is 9.92. The lowest BCUT2D eigenvalue weighted by Crippen LogP contribution is -2.30. The summed E-state index contributed by atoms with van der Waals surface area (Å²) in [4.78, 5) is 15.7. The van der Waals surface area contributed by atoms with Crippen molar-refractivity contribution in [2.75, 3.05) is 0 Å². The van der Waals surface area contributed by atoms with Crippen LogP contribution in [0.4, 0.5) is 4.79 Å². The van der Waals surface area contributed by atoms with Gasteiger partial charge in [-0.2, -0.15) is 0 Å². The Balaban J connectivity index is 2.10. The first kappa shape index (κ1) is 11.4. The molecule has 1 atom stereocenters. The minimum atomic E-state index is -0.168. The summed E-state index contributed by atoms with van der Waals surface area (Å²) < 4.78 is 1.43. The highest BCUT2D eigenvalue weighted by atomic mass is 16.2. The first-order valence-electron chi connectivity index (χ1n) is 5.53. The molecule has 0 saturated heterocycles. The molecular formula is C13H15N3O. The average Bonchev–Trinajstić information content (AvgIpc) is 2.82. The first-order chi connectivity index (χ1) is 8.18. The van der Waals surface area contributed by atoms with Gasteiger partial charge in [-0.25, -0.2) is 9.78 Å². The van der Waals surface area contributed by atoms with Gasteiger partial charge < -0.3 is 5.32 Å². The van der Waals surface area contributed by atoms with E-state index in [-0.39, 0.29) is 12.1 Å². The number of hydrogen-bond donors (Lipinski definition) is 1. The lowest BCUT2D eigenvalue weighted by molar-refractivity contribution is 0.239. The summed E-state index contributed by atoms with van der Waals surface area (Å²) in [5.74, 6) is 0. The van der Waals surface area contributed by atoms with Crippen LogP contribution in [0.3, 0.4) is 0 Å². The monoisotopic (exact) mass is 229 g/mol. The Morgan fingerprint density at radius 2 is 2.18 bits per heavy atom. The SMILES string of the molecule is Cc1ccccc1[C@H](C)NC(=O)n1ccnc1. The van der Waals surface area contributed by atoms with Crippen molar-refractivity contribution in [2.24, 2.45) is 0 Å². The minimum Gasteiger partial charge on any atom is -0.331 e. The van der Waals surface area contributed by atoms with E-state index in [9.17, 15) is 4.79 Å².